The molecule has 1 aromatic rings. The molecule has 0 unspecified atom stereocenters. The van der Waals surface area contributed by atoms with Crippen molar-refractivity contribution in [3.63, 3.8) is 0 Å². The van der Waals surface area contributed by atoms with Gasteiger partial charge >= 0.3 is 0 Å². The number of nitrogens with one attached hydrogen (secondary N) is 1. The van der Waals surface area contributed by atoms with Crippen LogP contribution in [0.15, 0.2) is 30.3 Å². The van der Waals surface area contributed by atoms with E-state index in [0.29, 0.717) is 0 Å². The Labute approximate surface area is 72.6 Å². The highest BCUT2D eigenvalue weighted by Gasteiger charge is 2.06. The van der Waals surface area contributed by atoms with E-state index in [1.165, 1.54) is 0 Å². The minimum atomic E-state index is -0.0267. The lowest BCUT2D eigenvalue weighted by atomic mass is 10.2. The summed E-state index contributed by atoms with van der Waals surface area (Å²) in [4.78, 5) is 11.2. The van der Waals surface area contributed by atoms with Crippen molar-refractivity contribution in [2.75, 3.05) is 5.32 Å². The van der Waals surface area contributed by atoms with E-state index in [1.807, 2.05) is 30.3 Å². The van der Waals surface area contributed by atoms with Gasteiger partial charge in [0.25, 0.3) is 0 Å². The van der Waals surface area contributed by atoms with E-state index in [9.17, 15) is 4.79 Å². The molecule has 2 heteroatoms. The lowest BCUT2D eigenvalue weighted by Gasteiger charge is -2.05. The Kier molecular flexibility index (Phi) is 2.86. The van der Waals surface area contributed by atoms with Crippen LogP contribution in [0.3, 0.4) is 0 Å². The first-order chi connectivity index (χ1) is 5.70. The van der Waals surface area contributed by atoms with Crippen molar-refractivity contribution >= 4 is 11.6 Å². The highest BCUT2D eigenvalue weighted by atomic mass is 16.1. The van der Waals surface area contributed by atoms with Crippen LogP contribution in [0.4, 0.5) is 5.69 Å². The average molecular weight is 162 g/mol. The number of carbonyl (C=O) groups excluding carboxylic acids is 1. The zero-order valence-corrected chi connectivity index (χ0v) is 7.29. The summed E-state index contributed by atoms with van der Waals surface area (Å²) in [5, 5.41) is 2.77. The van der Waals surface area contributed by atoms with E-state index < -0.39 is 0 Å². The fourth-order valence-electron chi connectivity index (χ4n) is 0.778. The van der Waals surface area contributed by atoms with Crippen LogP contribution in [0.1, 0.15) is 13.8 Å². The number of benzene rings is 1. The SMILES string of the molecule is C[C](C)C(=O)Nc1ccccc1. The van der Waals surface area contributed by atoms with Gasteiger partial charge in [-0.1, -0.05) is 18.2 Å². The van der Waals surface area contributed by atoms with Gasteiger partial charge in [0.1, 0.15) is 0 Å². The smallest absolute Gasteiger partial charge is 0.231 e. The van der Waals surface area contributed by atoms with Crippen LogP contribution in [0.2, 0.25) is 0 Å². The van der Waals surface area contributed by atoms with Gasteiger partial charge in [0, 0.05) is 5.69 Å². The largest absolute Gasteiger partial charge is 0.326 e. The second-order valence-electron chi connectivity index (χ2n) is 2.82. The predicted molar refractivity (Wildman–Crippen MR) is 49.7 cm³/mol. The highest BCUT2D eigenvalue weighted by Crippen LogP contribution is 2.07. The molecular formula is C10H12NO. The molecule has 0 aliphatic rings. The summed E-state index contributed by atoms with van der Waals surface area (Å²) in [5.74, 6) is 0.736. The molecule has 0 spiro atoms. The summed E-state index contributed by atoms with van der Waals surface area (Å²) in [6, 6.07) is 9.42. The van der Waals surface area contributed by atoms with Gasteiger partial charge in [0.15, 0.2) is 0 Å². The van der Waals surface area contributed by atoms with Gasteiger partial charge in [-0.3, -0.25) is 4.79 Å². The summed E-state index contributed by atoms with van der Waals surface area (Å²) in [5.41, 5.74) is 0.837. The molecule has 2 nitrogen and oxygen atoms in total. The quantitative estimate of drug-likeness (QED) is 0.710. The molecule has 0 saturated carbocycles. The van der Waals surface area contributed by atoms with E-state index in [1.54, 1.807) is 13.8 Å². The van der Waals surface area contributed by atoms with Crippen LogP contribution in [0.25, 0.3) is 0 Å². The maximum atomic E-state index is 11.2. The van der Waals surface area contributed by atoms with Gasteiger partial charge in [0.05, 0.1) is 5.92 Å². The number of hydrogen-bond donors (Lipinski definition) is 1. The van der Waals surface area contributed by atoms with Crippen LogP contribution < -0.4 is 5.32 Å². The van der Waals surface area contributed by atoms with Crippen LogP contribution in [0, 0.1) is 5.92 Å². The molecule has 0 atom stereocenters. The van der Waals surface area contributed by atoms with Crippen molar-refractivity contribution in [2.45, 2.75) is 13.8 Å². The lowest BCUT2D eigenvalue weighted by molar-refractivity contribution is -0.114. The van der Waals surface area contributed by atoms with Crippen molar-refractivity contribution in [3.05, 3.63) is 36.2 Å². The third-order valence-corrected chi connectivity index (χ3v) is 1.49. The van der Waals surface area contributed by atoms with Crippen molar-refractivity contribution in [1.29, 1.82) is 0 Å². The molecule has 63 valence electrons. The molecule has 0 aromatic heterocycles. The van der Waals surface area contributed by atoms with Gasteiger partial charge in [-0.25, -0.2) is 0 Å². The topological polar surface area (TPSA) is 29.1 Å². The number of hydrogen-bond acceptors (Lipinski definition) is 1. The van der Waals surface area contributed by atoms with Crippen molar-refractivity contribution in [2.24, 2.45) is 0 Å². The fraction of sp³-hybridized carbons (Fsp3) is 0.200. The Morgan fingerprint density at radius 1 is 1.17 bits per heavy atom. The van der Waals surface area contributed by atoms with Crippen LogP contribution in [-0.2, 0) is 4.79 Å². The average Bonchev–Trinajstić information content (AvgIpc) is 2.06. The lowest BCUT2D eigenvalue weighted by Crippen LogP contribution is -2.15. The van der Waals surface area contributed by atoms with Gasteiger partial charge in [-0.05, 0) is 26.0 Å². The first kappa shape index (κ1) is 8.78. The molecule has 12 heavy (non-hydrogen) atoms. The predicted octanol–water partition coefficient (Wildman–Crippen LogP) is 2.24. The molecular weight excluding hydrogens is 150 g/mol. The third-order valence-electron chi connectivity index (χ3n) is 1.49. The molecule has 1 radical (unpaired) electrons. The van der Waals surface area contributed by atoms with E-state index in [2.05, 4.69) is 5.32 Å². The van der Waals surface area contributed by atoms with E-state index >= 15 is 0 Å². The molecule has 1 rings (SSSR count). The summed E-state index contributed by atoms with van der Waals surface area (Å²) < 4.78 is 0. The van der Waals surface area contributed by atoms with E-state index in [0.717, 1.165) is 11.6 Å². The second-order valence-corrected chi connectivity index (χ2v) is 2.82. The van der Waals surface area contributed by atoms with Crippen molar-refractivity contribution in [3.8, 4) is 0 Å². The fourth-order valence-corrected chi connectivity index (χ4v) is 0.778. The van der Waals surface area contributed by atoms with E-state index in [4.69, 9.17) is 0 Å². The second kappa shape index (κ2) is 3.90. The summed E-state index contributed by atoms with van der Waals surface area (Å²) in [7, 11) is 0. The molecule has 0 bridgehead atoms. The molecule has 0 aliphatic heterocycles. The Morgan fingerprint density at radius 2 is 1.75 bits per heavy atom. The summed E-state index contributed by atoms with van der Waals surface area (Å²) in [6.45, 7) is 3.58. The number of rotatable bonds is 2. The minimum absolute atomic E-state index is 0.0267. The number of para-hydroxylation sites is 1. The number of carbonyl (C=O) groups is 1. The Morgan fingerprint density at radius 3 is 2.25 bits per heavy atom. The molecule has 0 fully saturated rings. The summed E-state index contributed by atoms with van der Waals surface area (Å²) >= 11 is 0. The molecule has 1 aromatic carbocycles. The highest BCUT2D eigenvalue weighted by molar-refractivity contribution is 6.00. The van der Waals surface area contributed by atoms with Crippen molar-refractivity contribution in [1.82, 2.24) is 0 Å². The van der Waals surface area contributed by atoms with Gasteiger partial charge in [-0.2, -0.15) is 0 Å². The zero-order chi connectivity index (χ0) is 8.97. The van der Waals surface area contributed by atoms with E-state index in [-0.39, 0.29) is 5.91 Å². The van der Waals surface area contributed by atoms with Crippen LogP contribution in [0.5, 0.6) is 0 Å². The zero-order valence-electron chi connectivity index (χ0n) is 7.29. The Balaban J connectivity index is 2.59. The van der Waals surface area contributed by atoms with Gasteiger partial charge in [0.2, 0.25) is 5.91 Å². The summed E-state index contributed by atoms with van der Waals surface area (Å²) in [6.07, 6.45) is 0. The standard InChI is InChI=1S/C10H12NO/c1-8(2)10(12)11-9-6-4-3-5-7-9/h3-7H,1-2H3,(H,11,12). The van der Waals surface area contributed by atoms with Gasteiger partial charge in [-0.15, -0.1) is 0 Å². The molecule has 1 N–H and O–H groups in total. The Hall–Kier alpha value is -1.31. The Bertz CT molecular complexity index is 254. The molecule has 1 amide bonds. The van der Waals surface area contributed by atoms with Crippen LogP contribution >= 0.6 is 0 Å². The molecule has 0 saturated heterocycles. The molecule has 0 heterocycles. The van der Waals surface area contributed by atoms with Crippen LogP contribution in [-0.4, -0.2) is 5.91 Å². The minimum Gasteiger partial charge on any atom is -0.326 e. The monoisotopic (exact) mass is 162 g/mol. The third kappa shape index (κ3) is 2.38. The molecule has 0 aliphatic carbocycles. The number of anilines is 1. The normalized spacial score (nSPS) is 9.92. The first-order valence-electron chi connectivity index (χ1n) is 3.86. The maximum Gasteiger partial charge on any atom is 0.231 e. The van der Waals surface area contributed by atoms with Crippen molar-refractivity contribution < 1.29 is 4.79 Å². The first-order valence-corrected chi connectivity index (χ1v) is 3.86. The number of amides is 1. The van der Waals surface area contributed by atoms with Gasteiger partial charge < -0.3 is 5.32 Å². The maximum absolute atomic E-state index is 11.2.